The molecule has 25 heavy (non-hydrogen) atoms. The fourth-order valence-corrected chi connectivity index (χ4v) is 2.81. The molecule has 2 heterocycles. The van der Waals surface area contributed by atoms with E-state index in [9.17, 15) is 9.59 Å². The van der Waals surface area contributed by atoms with Crippen LogP contribution in [-0.4, -0.2) is 53.2 Å². The quantitative estimate of drug-likeness (QED) is 0.805. The molecule has 1 N–H and O–H groups in total. The lowest BCUT2D eigenvalue weighted by molar-refractivity contribution is -0.146. The molecule has 1 aromatic heterocycles. The van der Waals surface area contributed by atoms with Gasteiger partial charge in [0, 0.05) is 18.7 Å². The first-order valence-corrected chi connectivity index (χ1v) is 8.05. The molecular formula is C17H20N4O4. The molecule has 1 amide bonds. The maximum atomic E-state index is 12.1. The number of hydrogen-bond donors (Lipinski definition) is 1. The van der Waals surface area contributed by atoms with Gasteiger partial charge < -0.3 is 14.6 Å². The standard InChI is InChI=1S/C17H20N4O4/c1-11-4-3-5-12(8-11)16-19-14(25-20-16)10-21-7-6-18-17(23)13(21)9-15(22)24-2/h3-5,8,13H,6-7,9-10H2,1-2H3,(H,18,23)/t13-/m0/s1. The second-order valence-electron chi connectivity index (χ2n) is 5.94. The summed E-state index contributed by atoms with van der Waals surface area (Å²) in [6, 6.07) is 7.21. The predicted octanol–water partition coefficient (Wildman–Crippen LogP) is 0.909. The largest absolute Gasteiger partial charge is 0.469 e. The van der Waals surface area contributed by atoms with Gasteiger partial charge in [0.05, 0.1) is 20.1 Å². The van der Waals surface area contributed by atoms with Gasteiger partial charge >= 0.3 is 5.97 Å². The number of hydrogen-bond acceptors (Lipinski definition) is 7. The molecule has 0 spiro atoms. The number of esters is 1. The molecule has 132 valence electrons. The Morgan fingerprint density at radius 1 is 1.48 bits per heavy atom. The van der Waals surface area contributed by atoms with E-state index < -0.39 is 12.0 Å². The Morgan fingerprint density at radius 3 is 3.08 bits per heavy atom. The average molecular weight is 344 g/mol. The fraction of sp³-hybridized carbons (Fsp3) is 0.412. The molecule has 1 aliphatic rings. The fourth-order valence-electron chi connectivity index (χ4n) is 2.81. The van der Waals surface area contributed by atoms with Gasteiger partial charge in [0.2, 0.25) is 17.6 Å². The van der Waals surface area contributed by atoms with Crippen molar-refractivity contribution in [2.45, 2.75) is 25.9 Å². The number of carbonyl (C=O) groups is 2. The van der Waals surface area contributed by atoms with Crippen LogP contribution in [0.25, 0.3) is 11.4 Å². The van der Waals surface area contributed by atoms with Crippen molar-refractivity contribution in [1.82, 2.24) is 20.4 Å². The summed E-state index contributed by atoms with van der Waals surface area (Å²) in [7, 11) is 1.31. The van der Waals surface area contributed by atoms with Crippen molar-refractivity contribution in [3.8, 4) is 11.4 Å². The Bertz CT molecular complexity index is 774. The summed E-state index contributed by atoms with van der Waals surface area (Å²) >= 11 is 0. The number of nitrogens with one attached hydrogen (secondary N) is 1. The zero-order chi connectivity index (χ0) is 17.8. The SMILES string of the molecule is COC(=O)C[C@H]1C(=O)NCCN1Cc1nc(-c2cccc(C)c2)no1. The van der Waals surface area contributed by atoms with Crippen molar-refractivity contribution in [3.63, 3.8) is 0 Å². The maximum absolute atomic E-state index is 12.1. The lowest BCUT2D eigenvalue weighted by Crippen LogP contribution is -2.55. The Labute approximate surface area is 145 Å². The van der Waals surface area contributed by atoms with Crippen LogP contribution in [0.2, 0.25) is 0 Å². The third-order valence-corrected chi connectivity index (χ3v) is 4.11. The molecule has 1 aromatic carbocycles. The Kier molecular flexibility index (Phi) is 5.08. The van der Waals surface area contributed by atoms with Crippen LogP contribution in [0, 0.1) is 6.92 Å². The van der Waals surface area contributed by atoms with Gasteiger partial charge in [-0.05, 0) is 13.0 Å². The summed E-state index contributed by atoms with van der Waals surface area (Å²) in [5.74, 6) is 0.277. The first kappa shape index (κ1) is 17.1. The normalized spacial score (nSPS) is 18.0. The van der Waals surface area contributed by atoms with Crippen LogP contribution < -0.4 is 5.32 Å². The molecule has 0 aliphatic carbocycles. The molecule has 0 bridgehead atoms. The molecule has 1 saturated heterocycles. The lowest BCUT2D eigenvalue weighted by atomic mass is 10.1. The molecule has 0 radical (unpaired) electrons. The van der Waals surface area contributed by atoms with Gasteiger partial charge in [-0.25, -0.2) is 0 Å². The van der Waals surface area contributed by atoms with Crippen LogP contribution >= 0.6 is 0 Å². The van der Waals surface area contributed by atoms with E-state index in [1.165, 1.54) is 7.11 Å². The van der Waals surface area contributed by atoms with Crippen LogP contribution in [0.5, 0.6) is 0 Å². The number of amides is 1. The molecule has 0 unspecified atom stereocenters. The topological polar surface area (TPSA) is 97.6 Å². The molecular weight excluding hydrogens is 324 g/mol. The van der Waals surface area contributed by atoms with Crippen molar-refractivity contribution in [2.75, 3.05) is 20.2 Å². The van der Waals surface area contributed by atoms with Gasteiger partial charge in [-0.15, -0.1) is 0 Å². The predicted molar refractivity (Wildman–Crippen MR) is 88.3 cm³/mol. The van der Waals surface area contributed by atoms with Crippen molar-refractivity contribution < 1.29 is 18.8 Å². The van der Waals surface area contributed by atoms with Crippen molar-refractivity contribution >= 4 is 11.9 Å². The number of benzene rings is 1. The summed E-state index contributed by atoms with van der Waals surface area (Å²) in [5.41, 5.74) is 1.98. The highest BCUT2D eigenvalue weighted by Gasteiger charge is 2.33. The van der Waals surface area contributed by atoms with E-state index in [1.54, 1.807) is 0 Å². The third-order valence-electron chi connectivity index (χ3n) is 4.11. The minimum atomic E-state index is -0.601. The second-order valence-corrected chi connectivity index (χ2v) is 5.94. The number of nitrogens with zero attached hydrogens (tertiary/aromatic N) is 3. The van der Waals surface area contributed by atoms with Gasteiger partial charge in [-0.2, -0.15) is 4.98 Å². The van der Waals surface area contributed by atoms with Gasteiger partial charge in [-0.3, -0.25) is 14.5 Å². The van der Waals surface area contributed by atoms with E-state index >= 15 is 0 Å². The van der Waals surface area contributed by atoms with Crippen LogP contribution in [0.15, 0.2) is 28.8 Å². The monoisotopic (exact) mass is 344 g/mol. The van der Waals surface area contributed by atoms with Crippen LogP contribution in [0.4, 0.5) is 0 Å². The van der Waals surface area contributed by atoms with Crippen LogP contribution in [0.1, 0.15) is 17.9 Å². The van der Waals surface area contributed by atoms with Crippen molar-refractivity contribution in [2.24, 2.45) is 0 Å². The summed E-state index contributed by atoms with van der Waals surface area (Å²) < 4.78 is 10.0. The zero-order valence-electron chi connectivity index (χ0n) is 14.2. The van der Waals surface area contributed by atoms with E-state index in [0.717, 1.165) is 11.1 Å². The third kappa shape index (κ3) is 4.03. The second kappa shape index (κ2) is 7.43. The van der Waals surface area contributed by atoms with E-state index in [0.29, 0.717) is 31.3 Å². The Hall–Kier alpha value is -2.74. The first-order valence-electron chi connectivity index (χ1n) is 8.05. The highest BCUT2D eigenvalue weighted by atomic mass is 16.5. The molecule has 1 aliphatic heterocycles. The molecule has 0 saturated carbocycles. The Balaban J connectivity index is 1.74. The first-order chi connectivity index (χ1) is 12.1. The van der Waals surface area contributed by atoms with Gasteiger partial charge in [0.25, 0.3) is 0 Å². The Morgan fingerprint density at radius 2 is 2.32 bits per heavy atom. The number of carbonyl (C=O) groups excluding carboxylic acids is 2. The van der Waals surface area contributed by atoms with Gasteiger partial charge in [0.1, 0.15) is 6.04 Å². The summed E-state index contributed by atoms with van der Waals surface area (Å²) in [5, 5.41) is 6.77. The maximum Gasteiger partial charge on any atom is 0.307 e. The minimum absolute atomic E-state index is 0.0127. The molecule has 1 atom stereocenters. The number of aryl methyl sites for hydroxylation is 1. The van der Waals surface area contributed by atoms with Gasteiger partial charge in [-0.1, -0.05) is 28.9 Å². The van der Waals surface area contributed by atoms with Crippen LogP contribution in [0.3, 0.4) is 0 Å². The minimum Gasteiger partial charge on any atom is -0.469 e. The highest BCUT2D eigenvalue weighted by molar-refractivity contribution is 5.87. The summed E-state index contributed by atoms with van der Waals surface area (Å²) in [6.07, 6.45) is -0.0127. The van der Waals surface area contributed by atoms with Crippen molar-refractivity contribution in [3.05, 3.63) is 35.7 Å². The zero-order valence-corrected chi connectivity index (χ0v) is 14.2. The summed E-state index contributed by atoms with van der Waals surface area (Å²) in [6.45, 7) is 3.40. The molecule has 2 aromatic rings. The van der Waals surface area contributed by atoms with E-state index in [1.807, 2.05) is 36.1 Å². The number of piperazine rings is 1. The number of ether oxygens (including phenoxy) is 1. The molecule has 1 fully saturated rings. The number of aromatic nitrogens is 2. The van der Waals surface area contributed by atoms with Crippen LogP contribution in [-0.2, 0) is 20.9 Å². The van der Waals surface area contributed by atoms with Gasteiger partial charge in [0.15, 0.2) is 0 Å². The molecule has 8 nitrogen and oxygen atoms in total. The lowest BCUT2D eigenvalue weighted by Gasteiger charge is -2.33. The molecule has 3 rings (SSSR count). The summed E-state index contributed by atoms with van der Waals surface area (Å²) in [4.78, 5) is 29.9. The smallest absolute Gasteiger partial charge is 0.307 e. The van der Waals surface area contributed by atoms with E-state index in [2.05, 4.69) is 20.2 Å². The van der Waals surface area contributed by atoms with E-state index in [-0.39, 0.29) is 12.3 Å². The average Bonchev–Trinajstić information content (AvgIpc) is 3.06. The number of rotatable bonds is 5. The van der Waals surface area contributed by atoms with E-state index in [4.69, 9.17) is 4.52 Å². The van der Waals surface area contributed by atoms with Crippen molar-refractivity contribution in [1.29, 1.82) is 0 Å². The highest BCUT2D eigenvalue weighted by Crippen LogP contribution is 2.19. The number of methoxy groups -OCH3 is 1. The molecule has 8 heteroatoms.